The molecule has 1 rings (SSSR count). The molecule has 0 amide bonds. The molecule has 1 heterocycles. The minimum atomic E-state index is 0.530. The normalized spacial score (nSPS) is 12.5. The lowest BCUT2D eigenvalue weighted by Crippen LogP contribution is -1.94. The van der Waals surface area contributed by atoms with Crippen LogP contribution < -0.4 is 0 Å². The number of hydrogen-bond acceptors (Lipinski definition) is 2. The van der Waals surface area contributed by atoms with Gasteiger partial charge in [-0.3, -0.25) is 0 Å². The molecule has 0 bridgehead atoms. The fourth-order valence-electron chi connectivity index (χ4n) is 1.96. The van der Waals surface area contributed by atoms with Gasteiger partial charge in [-0.25, -0.2) is 4.98 Å². The molecular weight excluding hydrogens is 250 g/mol. The van der Waals surface area contributed by atoms with Crippen LogP contribution in [0.2, 0.25) is 0 Å². The molecule has 0 atom stereocenters. The summed E-state index contributed by atoms with van der Waals surface area (Å²) in [5.74, 6) is 1.87. The van der Waals surface area contributed by atoms with Crippen molar-refractivity contribution in [3.63, 3.8) is 0 Å². The van der Waals surface area contributed by atoms with Crippen molar-refractivity contribution < 1.29 is 0 Å². The van der Waals surface area contributed by atoms with E-state index in [2.05, 4.69) is 53.7 Å². The van der Waals surface area contributed by atoms with Gasteiger partial charge in [-0.05, 0) is 24.7 Å². The lowest BCUT2D eigenvalue weighted by atomic mass is 10.1. The zero-order valence-electron chi connectivity index (χ0n) is 13.4. The Hall–Kier alpha value is -0.630. The number of allylic oxidation sites excluding steroid dienone is 2. The zero-order valence-corrected chi connectivity index (χ0v) is 14.2. The molecule has 2 heteroatoms. The van der Waals surface area contributed by atoms with E-state index in [1.807, 2.05) is 11.3 Å². The second-order valence-corrected chi connectivity index (χ2v) is 7.43. The molecule has 0 aliphatic rings. The van der Waals surface area contributed by atoms with Gasteiger partial charge in [-0.15, -0.1) is 11.3 Å². The number of aromatic nitrogens is 1. The maximum Gasteiger partial charge on any atom is 0.0956 e. The SMILES string of the molecule is CC(C)CCC=CCc1sc(C(C)C)nc1C(C)C. The lowest BCUT2D eigenvalue weighted by molar-refractivity contribution is 0.594. The van der Waals surface area contributed by atoms with Crippen LogP contribution >= 0.6 is 11.3 Å². The topological polar surface area (TPSA) is 12.9 Å². The van der Waals surface area contributed by atoms with Crippen molar-refractivity contribution in [2.45, 2.75) is 72.6 Å². The molecule has 0 saturated carbocycles. The van der Waals surface area contributed by atoms with Gasteiger partial charge < -0.3 is 0 Å². The Kier molecular flexibility index (Phi) is 6.78. The summed E-state index contributed by atoms with van der Waals surface area (Å²) in [5, 5.41) is 1.29. The molecule has 1 nitrogen and oxygen atoms in total. The van der Waals surface area contributed by atoms with Gasteiger partial charge in [0.05, 0.1) is 10.7 Å². The summed E-state index contributed by atoms with van der Waals surface area (Å²) in [7, 11) is 0. The summed E-state index contributed by atoms with van der Waals surface area (Å²) in [6.07, 6.45) is 8.19. The van der Waals surface area contributed by atoms with Crippen molar-refractivity contribution in [3.05, 3.63) is 27.7 Å². The molecule has 19 heavy (non-hydrogen) atoms. The van der Waals surface area contributed by atoms with Crippen molar-refractivity contribution in [2.75, 3.05) is 0 Å². The maximum absolute atomic E-state index is 4.82. The van der Waals surface area contributed by atoms with Crippen LogP contribution in [0.1, 0.15) is 81.8 Å². The van der Waals surface area contributed by atoms with E-state index in [1.54, 1.807) is 0 Å². The van der Waals surface area contributed by atoms with E-state index in [9.17, 15) is 0 Å². The molecule has 108 valence electrons. The van der Waals surface area contributed by atoms with Crippen LogP contribution in [0, 0.1) is 5.92 Å². The quantitative estimate of drug-likeness (QED) is 0.564. The van der Waals surface area contributed by atoms with Gasteiger partial charge in [0.2, 0.25) is 0 Å². The van der Waals surface area contributed by atoms with E-state index in [-0.39, 0.29) is 0 Å². The van der Waals surface area contributed by atoms with Crippen molar-refractivity contribution in [3.8, 4) is 0 Å². The molecule has 0 N–H and O–H groups in total. The smallest absolute Gasteiger partial charge is 0.0956 e. The Labute approximate surface area is 123 Å². The first-order valence-electron chi connectivity index (χ1n) is 7.56. The highest BCUT2D eigenvalue weighted by Gasteiger charge is 2.14. The van der Waals surface area contributed by atoms with Gasteiger partial charge in [0.15, 0.2) is 0 Å². The molecule has 0 spiro atoms. The van der Waals surface area contributed by atoms with Gasteiger partial charge in [0.1, 0.15) is 0 Å². The van der Waals surface area contributed by atoms with E-state index >= 15 is 0 Å². The molecular formula is C17H29NS. The first kappa shape index (κ1) is 16.4. The molecule has 0 aliphatic heterocycles. The van der Waals surface area contributed by atoms with Gasteiger partial charge in [-0.1, -0.05) is 53.7 Å². The number of rotatable bonds is 7. The van der Waals surface area contributed by atoms with E-state index in [0.717, 1.165) is 12.3 Å². The predicted octanol–water partition coefficient (Wildman–Crippen LogP) is 5.92. The summed E-state index contributed by atoms with van der Waals surface area (Å²) in [6.45, 7) is 13.5. The third kappa shape index (κ3) is 5.48. The summed E-state index contributed by atoms with van der Waals surface area (Å²) < 4.78 is 0. The van der Waals surface area contributed by atoms with Gasteiger partial charge in [0, 0.05) is 17.2 Å². The molecule has 1 aromatic rings. The molecule has 1 aromatic heterocycles. The van der Waals surface area contributed by atoms with Gasteiger partial charge in [0.25, 0.3) is 0 Å². The van der Waals surface area contributed by atoms with Crippen LogP contribution in [0.5, 0.6) is 0 Å². The van der Waals surface area contributed by atoms with Crippen molar-refractivity contribution in [1.29, 1.82) is 0 Å². The number of hydrogen-bond donors (Lipinski definition) is 0. The largest absolute Gasteiger partial charge is 0.245 e. The fourth-order valence-corrected chi connectivity index (χ4v) is 3.16. The third-order valence-corrected chi connectivity index (χ3v) is 4.56. The summed E-state index contributed by atoms with van der Waals surface area (Å²) in [4.78, 5) is 6.28. The highest BCUT2D eigenvalue weighted by molar-refractivity contribution is 7.11. The van der Waals surface area contributed by atoms with Crippen LogP contribution in [0.3, 0.4) is 0 Å². The Morgan fingerprint density at radius 1 is 1.00 bits per heavy atom. The highest BCUT2D eigenvalue weighted by Crippen LogP contribution is 2.29. The van der Waals surface area contributed by atoms with Crippen molar-refractivity contribution >= 4 is 11.3 Å². The third-order valence-electron chi connectivity index (χ3n) is 3.17. The molecule has 0 saturated heterocycles. The molecule has 0 aromatic carbocycles. The van der Waals surface area contributed by atoms with E-state index in [0.29, 0.717) is 11.8 Å². The number of thiazole rings is 1. The standard InChI is InChI=1S/C17H29NS/c1-12(2)10-8-7-9-11-15-16(13(3)4)18-17(19-15)14(5)6/h7,9,12-14H,8,10-11H2,1-6H3. The van der Waals surface area contributed by atoms with Crippen molar-refractivity contribution in [2.24, 2.45) is 5.92 Å². The Morgan fingerprint density at radius 3 is 2.21 bits per heavy atom. The molecule has 0 unspecified atom stereocenters. The Bertz CT molecular complexity index is 399. The van der Waals surface area contributed by atoms with Crippen LogP contribution in [-0.4, -0.2) is 4.98 Å². The zero-order chi connectivity index (χ0) is 14.4. The monoisotopic (exact) mass is 279 g/mol. The van der Waals surface area contributed by atoms with Crippen LogP contribution in [-0.2, 0) is 6.42 Å². The van der Waals surface area contributed by atoms with E-state index in [1.165, 1.54) is 28.4 Å². The fraction of sp³-hybridized carbons (Fsp3) is 0.706. The van der Waals surface area contributed by atoms with Crippen LogP contribution in [0.4, 0.5) is 0 Å². The number of nitrogens with zero attached hydrogens (tertiary/aromatic N) is 1. The average molecular weight is 279 g/mol. The first-order valence-corrected chi connectivity index (χ1v) is 8.38. The maximum atomic E-state index is 4.82. The van der Waals surface area contributed by atoms with E-state index in [4.69, 9.17) is 4.98 Å². The second-order valence-electron chi connectivity index (χ2n) is 6.32. The van der Waals surface area contributed by atoms with Crippen LogP contribution in [0.25, 0.3) is 0 Å². The highest BCUT2D eigenvalue weighted by atomic mass is 32.1. The minimum Gasteiger partial charge on any atom is -0.245 e. The Balaban J connectivity index is 2.66. The first-order chi connectivity index (χ1) is 8.91. The molecule has 0 fully saturated rings. The van der Waals surface area contributed by atoms with E-state index < -0.39 is 0 Å². The predicted molar refractivity (Wildman–Crippen MR) is 87.2 cm³/mol. The van der Waals surface area contributed by atoms with Crippen molar-refractivity contribution in [1.82, 2.24) is 4.98 Å². The van der Waals surface area contributed by atoms with Gasteiger partial charge in [-0.2, -0.15) is 0 Å². The molecule has 0 radical (unpaired) electrons. The Morgan fingerprint density at radius 2 is 1.68 bits per heavy atom. The minimum absolute atomic E-state index is 0.530. The summed E-state index contributed by atoms with van der Waals surface area (Å²) in [5.41, 5.74) is 1.31. The second kappa shape index (κ2) is 7.84. The molecule has 0 aliphatic carbocycles. The lowest BCUT2D eigenvalue weighted by Gasteiger charge is -2.03. The van der Waals surface area contributed by atoms with Crippen LogP contribution in [0.15, 0.2) is 12.2 Å². The summed E-state index contributed by atoms with van der Waals surface area (Å²) in [6, 6.07) is 0. The summed E-state index contributed by atoms with van der Waals surface area (Å²) >= 11 is 1.90. The van der Waals surface area contributed by atoms with Gasteiger partial charge >= 0.3 is 0 Å². The average Bonchev–Trinajstić information content (AvgIpc) is 2.72.